The number of benzene rings is 1. The van der Waals surface area contributed by atoms with Crippen LogP contribution in [0.15, 0.2) is 24.3 Å². The summed E-state index contributed by atoms with van der Waals surface area (Å²) >= 11 is 0. The Kier molecular flexibility index (Phi) is 6.05. The van der Waals surface area contributed by atoms with Crippen LogP contribution in [0.3, 0.4) is 0 Å². The van der Waals surface area contributed by atoms with Crippen LogP contribution in [0.2, 0.25) is 0 Å². The van der Waals surface area contributed by atoms with Gasteiger partial charge < -0.3 is 15.4 Å². The van der Waals surface area contributed by atoms with E-state index in [1.165, 1.54) is 18.4 Å². The second kappa shape index (κ2) is 8.03. The minimum Gasteiger partial charge on any atom is -0.497 e. The summed E-state index contributed by atoms with van der Waals surface area (Å²) in [5.41, 5.74) is 6.84. The van der Waals surface area contributed by atoms with Crippen LogP contribution in [-0.4, -0.2) is 37.0 Å². The fourth-order valence-corrected chi connectivity index (χ4v) is 3.05. The van der Waals surface area contributed by atoms with Crippen molar-refractivity contribution in [1.82, 2.24) is 4.90 Å². The molecule has 2 rings (SSSR count). The number of rotatable bonds is 7. The summed E-state index contributed by atoms with van der Waals surface area (Å²) in [7, 11) is 1.66. The molecule has 2 N–H and O–H groups in total. The molecule has 0 unspecified atom stereocenters. The van der Waals surface area contributed by atoms with Crippen LogP contribution >= 0.6 is 0 Å². The average molecular weight is 290 g/mol. The van der Waals surface area contributed by atoms with Crippen molar-refractivity contribution >= 4 is 5.91 Å². The molecular formula is C17H26N2O2. The van der Waals surface area contributed by atoms with E-state index in [2.05, 4.69) is 0 Å². The largest absolute Gasteiger partial charge is 0.497 e. The van der Waals surface area contributed by atoms with Crippen molar-refractivity contribution in [3.05, 3.63) is 29.8 Å². The van der Waals surface area contributed by atoms with Crippen molar-refractivity contribution < 1.29 is 9.53 Å². The molecule has 1 saturated carbocycles. The molecule has 1 aliphatic carbocycles. The van der Waals surface area contributed by atoms with Crippen molar-refractivity contribution in [2.24, 2.45) is 5.73 Å². The van der Waals surface area contributed by atoms with Crippen LogP contribution in [0.25, 0.3) is 0 Å². The molecule has 4 nitrogen and oxygen atoms in total. The van der Waals surface area contributed by atoms with Gasteiger partial charge in [-0.3, -0.25) is 4.79 Å². The highest BCUT2D eigenvalue weighted by Crippen LogP contribution is 2.24. The van der Waals surface area contributed by atoms with Crippen molar-refractivity contribution in [2.75, 3.05) is 20.2 Å². The van der Waals surface area contributed by atoms with E-state index in [-0.39, 0.29) is 5.91 Å². The third kappa shape index (κ3) is 4.46. The lowest BCUT2D eigenvalue weighted by atomic mass is 10.1. The van der Waals surface area contributed by atoms with Crippen LogP contribution < -0.4 is 10.5 Å². The number of aryl methyl sites for hydroxylation is 1. The van der Waals surface area contributed by atoms with Gasteiger partial charge >= 0.3 is 0 Å². The van der Waals surface area contributed by atoms with Gasteiger partial charge in [0.15, 0.2) is 0 Å². The number of carbonyl (C=O) groups excluding carboxylic acids is 1. The minimum absolute atomic E-state index is 0.239. The smallest absolute Gasteiger partial charge is 0.223 e. The summed E-state index contributed by atoms with van der Waals surface area (Å²) in [6.07, 6.45) is 6.07. The Bertz CT molecular complexity index is 439. The van der Waals surface area contributed by atoms with Gasteiger partial charge in [0.25, 0.3) is 0 Å². The number of hydrogen-bond donors (Lipinski definition) is 1. The predicted molar refractivity (Wildman–Crippen MR) is 84.3 cm³/mol. The Balaban J connectivity index is 1.88. The van der Waals surface area contributed by atoms with Gasteiger partial charge in [-0.05, 0) is 37.0 Å². The van der Waals surface area contributed by atoms with E-state index in [1.54, 1.807) is 7.11 Å². The van der Waals surface area contributed by atoms with Gasteiger partial charge in [0.05, 0.1) is 7.11 Å². The Morgan fingerprint density at radius 2 is 1.95 bits per heavy atom. The monoisotopic (exact) mass is 290 g/mol. The molecule has 1 aromatic rings. The molecular weight excluding hydrogens is 264 g/mol. The van der Waals surface area contributed by atoms with Crippen molar-refractivity contribution in [2.45, 2.75) is 44.6 Å². The first kappa shape index (κ1) is 15.8. The second-order valence-corrected chi connectivity index (χ2v) is 5.66. The molecule has 1 amide bonds. The van der Waals surface area contributed by atoms with Crippen LogP contribution in [0.1, 0.15) is 37.7 Å². The Hall–Kier alpha value is -1.55. The number of carbonyl (C=O) groups is 1. The zero-order chi connectivity index (χ0) is 15.1. The molecule has 0 heterocycles. The summed E-state index contributed by atoms with van der Waals surface area (Å²) in [6.45, 7) is 1.23. The topological polar surface area (TPSA) is 55.6 Å². The van der Waals surface area contributed by atoms with E-state index in [0.717, 1.165) is 25.0 Å². The molecule has 21 heavy (non-hydrogen) atoms. The molecule has 116 valence electrons. The van der Waals surface area contributed by atoms with Crippen LogP contribution in [-0.2, 0) is 11.2 Å². The van der Waals surface area contributed by atoms with Gasteiger partial charge in [0.2, 0.25) is 5.91 Å². The predicted octanol–water partition coefficient (Wildman–Crippen LogP) is 2.36. The van der Waals surface area contributed by atoms with E-state index < -0.39 is 0 Å². The van der Waals surface area contributed by atoms with Gasteiger partial charge in [-0.2, -0.15) is 0 Å². The van der Waals surface area contributed by atoms with Crippen molar-refractivity contribution in [1.29, 1.82) is 0 Å². The first-order chi connectivity index (χ1) is 10.2. The lowest BCUT2D eigenvalue weighted by Crippen LogP contribution is -2.42. The molecule has 1 aliphatic rings. The quantitative estimate of drug-likeness (QED) is 0.838. The fraction of sp³-hybridized carbons (Fsp3) is 0.588. The number of nitrogens with two attached hydrogens (primary N) is 1. The van der Waals surface area contributed by atoms with Gasteiger partial charge in [-0.15, -0.1) is 0 Å². The highest BCUT2D eigenvalue weighted by Gasteiger charge is 2.25. The Morgan fingerprint density at radius 3 is 2.52 bits per heavy atom. The summed E-state index contributed by atoms with van der Waals surface area (Å²) in [4.78, 5) is 14.5. The second-order valence-electron chi connectivity index (χ2n) is 5.66. The molecule has 0 saturated heterocycles. The molecule has 0 bridgehead atoms. The summed E-state index contributed by atoms with van der Waals surface area (Å²) in [5.74, 6) is 1.09. The maximum absolute atomic E-state index is 12.5. The number of methoxy groups -OCH3 is 1. The van der Waals surface area contributed by atoms with E-state index in [9.17, 15) is 4.79 Å². The van der Waals surface area contributed by atoms with Crippen LogP contribution in [0.4, 0.5) is 0 Å². The van der Waals surface area contributed by atoms with E-state index in [4.69, 9.17) is 10.5 Å². The first-order valence-electron chi connectivity index (χ1n) is 7.87. The van der Waals surface area contributed by atoms with Crippen LogP contribution in [0.5, 0.6) is 5.75 Å². The van der Waals surface area contributed by atoms with E-state index in [0.29, 0.717) is 25.6 Å². The highest BCUT2D eigenvalue weighted by atomic mass is 16.5. The fourth-order valence-electron chi connectivity index (χ4n) is 3.05. The summed E-state index contributed by atoms with van der Waals surface area (Å²) in [6, 6.07) is 8.34. The Labute approximate surface area is 127 Å². The summed E-state index contributed by atoms with van der Waals surface area (Å²) in [5, 5.41) is 0. The third-order valence-electron chi connectivity index (χ3n) is 4.24. The highest BCUT2D eigenvalue weighted by molar-refractivity contribution is 5.76. The van der Waals surface area contributed by atoms with Gasteiger partial charge in [-0.1, -0.05) is 25.0 Å². The molecule has 4 heteroatoms. The maximum Gasteiger partial charge on any atom is 0.223 e. The zero-order valence-corrected chi connectivity index (χ0v) is 12.9. The molecule has 0 radical (unpaired) electrons. The van der Waals surface area contributed by atoms with E-state index >= 15 is 0 Å². The van der Waals surface area contributed by atoms with Gasteiger partial charge in [0, 0.05) is 25.6 Å². The third-order valence-corrected chi connectivity index (χ3v) is 4.24. The molecule has 1 fully saturated rings. The standard InChI is InChI=1S/C17H26N2O2/c1-21-16-9-6-14(7-10-16)8-11-17(20)19(13-12-18)15-4-2-3-5-15/h6-7,9-10,15H,2-5,8,11-13,18H2,1H3. The van der Waals surface area contributed by atoms with Crippen LogP contribution in [0, 0.1) is 0 Å². The average Bonchev–Trinajstić information content (AvgIpc) is 3.04. The zero-order valence-electron chi connectivity index (χ0n) is 12.9. The maximum atomic E-state index is 12.5. The Morgan fingerprint density at radius 1 is 1.29 bits per heavy atom. The summed E-state index contributed by atoms with van der Waals surface area (Å²) < 4.78 is 5.14. The molecule has 1 aromatic carbocycles. The molecule has 0 aliphatic heterocycles. The van der Waals surface area contributed by atoms with Crippen molar-refractivity contribution in [3.63, 3.8) is 0 Å². The minimum atomic E-state index is 0.239. The normalized spacial score (nSPS) is 15.1. The van der Waals surface area contributed by atoms with Crippen molar-refractivity contribution in [3.8, 4) is 5.75 Å². The lowest BCUT2D eigenvalue weighted by Gasteiger charge is -2.28. The number of amides is 1. The number of hydrogen-bond acceptors (Lipinski definition) is 3. The molecule has 0 aromatic heterocycles. The SMILES string of the molecule is COc1ccc(CCC(=O)N(CCN)C2CCCC2)cc1. The lowest BCUT2D eigenvalue weighted by molar-refractivity contribution is -0.133. The number of nitrogens with zero attached hydrogens (tertiary/aromatic N) is 1. The van der Waals surface area contributed by atoms with Gasteiger partial charge in [0.1, 0.15) is 5.75 Å². The first-order valence-corrected chi connectivity index (χ1v) is 7.87. The number of ether oxygens (including phenoxy) is 1. The van der Waals surface area contributed by atoms with Gasteiger partial charge in [-0.25, -0.2) is 0 Å². The molecule has 0 spiro atoms. The van der Waals surface area contributed by atoms with E-state index in [1.807, 2.05) is 29.2 Å². The molecule has 0 atom stereocenters.